The van der Waals surface area contributed by atoms with Crippen LogP contribution in [0.4, 0.5) is 0 Å². The maximum absolute atomic E-state index is 13.7. The van der Waals surface area contributed by atoms with E-state index >= 15 is 0 Å². The van der Waals surface area contributed by atoms with Gasteiger partial charge >= 0.3 is 7.60 Å². The van der Waals surface area contributed by atoms with Crippen molar-refractivity contribution in [1.82, 2.24) is 4.98 Å². The highest BCUT2D eigenvalue weighted by Crippen LogP contribution is 2.59. The molecule has 0 aliphatic heterocycles. The van der Waals surface area contributed by atoms with Crippen LogP contribution in [0.3, 0.4) is 0 Å². The average Bonchev–Trinajstić information content (AvgIpc) is 2.79. The van der Waals surface area contributed by atoms with Crippen LogP contribution in [0.1, 0.15) is 25.0 Å². The summed E-state index contributed by atoms with van der Waals surface area (Å²) < 4.78 is 25.0. The highest BCUT2D eigenvalue weighted by Gasteiger charge is 2.37. The van der Waals surface area contributed by atoms with Gasteiger partial charge < -0.3 is 9.05 Å². The Hall–Kier alpha value is -2.24. The fourth-order valence-corrected chi connectivity index (χ4v) is 5.99. The lowest BCUT2D eigenvalue weighted by atomic mass is 10.0. The first-order chi connectivity index (χ1) is 14.7. The van der Waals surface area contributed by atoms with E-state index in [1.54, 1.807) is 20.0 Å². The summed E-state index contributed by atoms with van der Waals surface area (Å²) in [5, 5.41) is -0.103. The van der Waals surface area contributed by atoms with Crippen LogP contribution in [0.2, 0.25) is 0 Å². The van der Waals surface area contributed by atoms with Gasteiger partial charge in [-0.15, -0.1) is 0 Å². The lowest BCUT2D eigenvalue weighted by Gasteiger charge is -2.24. The SMILES string of the molecule is CCOP(=O)(OCC)C(N=C(c1ccccc1)c1ccccc1)Sc1ccccn1. The third kappa shape index (κ3) is 5.89. The van der Waals surface area contributed by atoms with Crippen molar-refractivity contribution in [2.24, 2.45) is 4.99 Å². The van der Waals surface area contributed by atoms with Gasteiger partial charge in [-0.05, 0) is 26.0 Å². The number of rotatable bonds is 10. The Morgan fingerprint density at radius 3 is 1.90 bits per heavy atom. The monoisotopic (exact) mass is 440 g/mol. The maximum atomic E-state index is 13.7. The number of hydrogen-bond donors (Lipinski definition) is 0. The van der Waals surface area contributed by atoms with Gasteiger partial charge in [0.05, 0.1) is 24.0 Å². The molecule has 0 N–H and O–H groups in total. The number of thioether (sulfide) groups is 1. The summed E-state index contributed by atoms with van der Waals surface area (Å²) in [5.74, 6) is 0. The average molecular weight is 441 g/mol. The molecule has 5 nitrogen and oxygen atoms in total. The van der Waals surface area contributed by atoms with Gasteiger partial charge in [0.25, 0.3) is 0 Å². The Bertz CT molecular complexity index is 934. The van der Waals surface area contributed by atoms with Gasteiger partial charge in [0, 0.05) is 17.3 Å². The van der Waals surface area contributed by atoms with Crippen LogP contribution >= 0.6 is 19.4 Å². The minimum Gasteiger partial charge on any atom is -0.307 e. The predicted molar refractivity (Wildman–Crippen MR) is 123 cm³/mol. The molecular formula is C23H25N2O3PS. The van der Waals surface area contributed by atoms with E-state index in [1.165, 1.54) is 11.8 Å². The summed E-state index contributed by atoms with van der Waals surface area (Å²) >= 11 is 1.28. The van der Waals surface area contributed by atoms with Gasteiger partial charge in [-0.2, -0.15) is 0 Å². The summed E-state index contributed by atoms with van der Waals surface area (Å²) in [7, 11) is -3.55. The van der Waals surface area contributed by atoms with E-state index in [4.69, 9.17) is 14.0 Å². The zero-order valence-electron chi connectivity index (χ0n) is 17.0. The van der Waals surface area contributed by atoms with Crippen LogP contribution < -0.4 is 0 Å². The topological polar surface area (TPSA) is 60.8 Å². The number of hydrogen-bond acceptors (Lipinski definition) is 6. The second-order valence-corrected chi connectivity index (χ2v) is 9.73. The van der Waals surface area contributed by atoms with Crippen molar-refractivity contribution in [2.45, 2.75) is 24.0 Å². The molecule has 0 fully saturated rings. The van der Waals surface area contributed by atoms with Gasteiger partial charge in [0.15, 0.2) is 0 Å². The Balaban J connectivity index is 2.13. The molecule has 156 valence electrons. The molecule has 0 bridgehead atoms. The summed E-state index contributed by atoms with van der Waals surface area (Å²) in [6.45, 7) is 4.12. The Morgan fingerprint density at radius 1 is 0.900 bits per heavy atom. The van der Waals surface area contributed by atoms with E-state index in [2.05, 4.69) is 4.98 Å². The molecule has 0 saturated carbocycles. The van der Waals surface area contributed by atoms with E-state index in [9.17, 15) is 4.57 Å². The van der Waals surface area contributed by atoms with Gasteiger partial charge in [0.1, 0.15) is 0 Å². The molecule has 1 unspecified atom stereocenters. The fourth-order valence-electron chi connectivity index (χ4n) is 2.83. The molecule has 30 heavy (non-hydrogen) atoms. The van der Waals surface area contributed by atoms with Crippen molar-refractivity contribution >= 4 is 25.1 Å². The second-order valence-electron chi connectivity index (χ2n) is 6.20. The molecule has 0 spiro atoms. The van der Waals surface area contributed by atoms with E-state index < -0.39 is 12.7 Å². The minimum atomic E-state index is -3.55. The fraction of sp³-hybridized carbons (Fsp3) is 0.217. The van der Waals surface area contributed by atoms with Crippen molar-refractivity contribution in [3.05, 3.63) is 96.2 Å². The third-order valence-electron chi connectivity index (χ3n) is 4.09. The molecule has 0 amide bonds. The smallest absolute Gasteiger partial charge is 0.307 e. The molecule has 1 heterocycles. The zero-order chi connectivity index (χ0) is 21.2. The molecule has 2 aromatic carbocycles. The van der Waals surface area contributed by atoms with E-state index in [0.29, 0.717) is 5.03 Å². The highest BCUT2D eigenvalue weighted by atomic mass is 32.2. The molecule has 3 rings (SSSR count). The normalized spacial score (nSPS) is 12.3. The Labute approximate surface area is 182 Å². The second kappa shape index (κ2) is 11.2. The molecule has 0 saturated heterocycles. The summed E-state index contributed by atoms with van der Waals surface area (Å²) in [5.41, 5.74) is 2.58. The Morgan fingerprint density at radius 2 is 1.43 bits per heavy atom. The highest BCUT2D eigenvalue weighted by molar-refractivity contribution is 8.05. The van der Waals surface area contributed by atoms with Gasteiger partial charge in [-0.1, -0.05) is 78.5 Å². The van der Waals surface area contributed by atoms with Crippen LogP contribution in [0.15, 0.2) is 95.1 Å². The van der Waals surface area contributed by atoms with E-state index in [1.807, 2.05) is 78.9 Å². The molecule has 1 aromatic heterocycles. The number of pyridine rings is 1. The van der Waals surface area contributed by atoms with E-state index in [-0.39, 0.29) is 13.2 Å². The first kappa shape index (κ1) is 22.4. The number of nitrogens with zero attached hydrogens (tertiary/aromatic N) is 2. The van der Waals surface area contributed by atoms with Gasteiger partial charge in [0.2, 0.25) is 5.11 Å². The lowest BCUT2D eigenvalue weighted by Crippen LogP contribution is -2.13. The van der Waals surface area contributed by atoms with Crippen LogP contribution in [-0.2, 0) is 13.6 Å². The van der Waals surface area contributed by atoms with Crippen molar-refractivity contribution in [2.75, 3.05) is 13.2 Å². The molecule has 0 aliphatic carbocycles. The minimum absolute atomic E-state index is 0.262. The standard InChI is InChI=1S/C23H25N2O3PS/c1-3-27-29(26,28-4-2)23(30-21-17-11-12-18-24-21)25-22(19-13-7-5-8-14-19)20-15-9-6-10-16-20/h5-18,23H,3-4H2,1-2H3. The maximum Gasteiger partial charge on any atom is 0.365 e. The molecular weight excluding hydrogens is 415 g/mol. The number of benzene rings is 2. The van der Waals surface area contributed by atoms with Gasteiger partial charge in [-0.25, -0.2) is 4.98 Å². The third-order valence-corrected chi connectivity index (χ3v) is 7.87. The zero-order valence-corrected chi connectivity index (χ0v) is 18.8. The molecule has 0 radical (unpaired) electrons. The first-order valence-electron chi connectivity index (χ1n) is 9.81. The summed E-state index contributed by atoms with van der Waals surface area (Å²) in [6, 6.07) is 25.3. The lowest BCUT2D eigenvalue weighted by molar-refractivity contribution is 0.218. The number of aromatic nitrogens is 1. The largest absolute Gasteiger partial charge is 0.365 e. The number of aliphatic imine (C=N–C) groups is 1. The van der Waals surface area contributed by atoms with Crippen LogP contribution in [0.5, 0.6) is 0 Å². The first-order valence-corrected chi connectivity index (χ1v) is 12.3. The van der Waals surface area contributed by atoms with Gasteiger partial charge in [-0.3, -0.25) is 9.56 Å². The van der Waals surface area contributed by atoms with Crippen molar-refractivity contribution in [3.63, 3.8) is 0 Å². The quantitative estimate of drug-likeness (QED) is 0.211. The molecule has 3 aromatic rings. The van der Waals surface area contributed by atoms with Crippen molar-refractivity contribution < 1.29 is 13.6 Å². The van der Waals surface area contributed by atoms with Crippen LogP contribution in [-0.4, -0.2) is 29.0 Å². The van der Waals surface area contributed by atoms with Crippen LogP contribution in [0, 0.1) is 0 Å². The molecule has 7 heteroatoms. The summed E-state index contributed by atoms with van der Waals surface area (Å²) in [6.07, 6.45) is 1.70. The van der Waals surface area contributed by atoms with Crippen molar-refractivity contribution in [1.29, 1.82) is 0 Å². The van der Waals surface area contributed by atoms with E-state index in [0.717, 1.165) is 16.8 Å². The predicted octanol–water partition coefficient (Wildman–Crippen LogP) is 6.26. The Kier molecular flexibility index (Phi) is 8.40. The summed E-state index contributed by atoms with van der Waals surface area (Å²) in [4.78, 5) is 9.31. The molecule has 0 aliphatic rings. The van der Waals surface area contributed by atoms with Crippen molar-refractivity contribution in [3.8, 4) is 0 Å². The molecule has 1 atom stereocenters. The van der Waals surface area contributed by atoms with Crippen LogP contribution in [0.25, 0.3) is 0 Å².